The number of carbonyl (C=O) groups is 1. The highest BCUT2D eigenvalue weighted by Crippen LogP contribution is 2.26. The second-order valence-electron chi connectivity index (χ2n) is 4.99. The van der Waals surface area contributed by atoms with Crippen LogP contribution < -0.4 is 5.73 Å². The van der Waals surface area contributed by atoms with E-state index in [1.54, 1.807) is 4.90 Å². The van der Waals surface area contributed by atoms with Crippen LogP contribution in [-0.4, -0.2) is 41.1 Å². The van der Waals surface area contributed by atoms with Gasteiger partial charge in [-0.2, -0.15) is 0 Å². The van der Waals surface area contributed by atoms with Crippen LogP contribution in [0.3, 0.4) is 0 Å². The van der Waals surface area contributed by atoms with E-state index >= 15 is 0 Å². The second kappa shape index (κ2) is 4.64. The molecule has 1 saturated heterocycles. The lowest BCUT2D eigenvalue weighted by Gasteiger charge is -2.45. The summed E-state index contributed by atoms with van der Waals surface area (Å²) < 4.78 is 0.931. The number of rotatable bonds is 2. The molecule has 3 N–H and O–H groups in total. The monoisotopic (exact) mass is 312 g/mol. The van der Waals surface area contributed by atoms with Crippen LogP contribution in [0.25, 0.3) is 0 Å². The molecule has 0 saturated carbocycles. The number of β-amino-alcohol motifs (C(OH)–C–C–N with tert-alkyl or cyclic N) is 1. The van der Waals surface area contributed by atoms with Gasteiger partial charge in [0.05, 0.1) is 13.1 Å². The van der Waals surface area contributed by atoms with Gasteiger partial charge in [0.15, 0.2) is 0 Å². The highest BCUT2D eigenvalue weighted by atomic mass is 79.9. The third-order valence-electron chi connectivity index (χ3n) is 3.49. The zero-order chi connectivity index (χ0) is 13.5. The van der Waals surface area contributed by atoms with Crippen LogP contribution in [0.15, 0.2) is 16.6 Å². The molecule has 1 aromatic rings. The zero-order valence-corrected chi connectivity index (χ0v) is 12.1. The normalized spacial score (nSPS) is 17.5. The number of hydrogen-bond donors (Lipinski definition) is 2. The molecule has 0 atom stereocenters. The van der Waals surface area contributed by atoms with Gasteiger partial charge in [-0.15, -0.1) is 0 Å². The number of carbonyl (C=O) groups excluding carboxylic acids is 1. The molecule has 1 aliphatic heterocycles. The molecule has 0 radical (unpaired) electrons. The first-order valence-electron chi connectivity index (χ1n) is 5.85. The van der Waals surface area contributed by atoms with Crippen molar-refractivity contribution in [3.8, 4) is 0 Å². The molecule has 1 amide bonds. The molecule has 1 fully saturated rings. The van der Waals surface area contributed by atoms with Crippen LogP contribution in [0.4, 0.5) is 0 Å². The number of hydrogen-bond acceptors (Lipinski definition) is 3. The van der Waals surface area contributed by atoms with Crippen LogP contribution in [0.2, 0.25) is 0 Å². The number of benzene rings is 1. The first kappa shape index (κ1) is 13.5. The highest BCUT2D eigenvalue weighted by Gasteiger charge is 2.42. The fourth-order valence-electron chi connectivity index (χ4n) is 2.06. The molecule has 0 unspecified atom stereocenters. The van der Waals surface area contributed by atoms with Gasteiger partial charge in [-0.1, -0.05) is 15.9 Å². The van der Waals surface area contributed by atoms with Crippen molar-refractivity contribution in [1.82, 2.24) is 4.90 Å². The van der Waals surface area contributed by atoms with Gasteiger partial charge in [0.1, 0.15) is 5.60 Å². The predicted octanol–water partition coefficient (Wildman–Crippen LogP) is 1.21. The molecule has 0 bridgehead atoms. The summed E-state index contributed by atoms with van der Waals surface area (Å²) in [7, 11) is 0. The van der Waals surface area contributed by atoms with Gasteiger partial charge < -0.3 is 15.7 Å². The topological polar surface area (TPSA) is 66.6 Å². The SMILES string of the molecule is Cc1cc(C(=O)N2CC(O)(CN)C2)cc(Br)c1C. The third kappa shape index (κ3) is 2.30. The van der Waals surface area contributed by atoms with Crippen molar-refractivity contribution >= 4 is 21.8 Å². The quantitative estimate of drug-likeness (QED) is 0.862. The summed E-state index contributed by atoms with van der Waals surface area (Å²) in [6.07, 6.45) is 0. The number of likely N-dealkylation sites (tertiary alicyclic amines) is 1. The van der Waals surface area contributed by atoms with Crippen LogP contribution >= 0.6 is 15.9 Å². The van der Waals surface area contributed by atoms with Gasteiger partial charge in [-0.3, -0.25) is 4.79 Å². The van der Waals surface area contributed by atoms with E-state index in [9.17, 15) is 9.90 Å². The minimum Gasteiger partial charge on any atom is -0.385 e. The molecule has 1 heterocycles. The minimum atomic E-state index is -0.896. The predicted molar refractivity (Wildman–Crippen MR) is 73.5 cm³/mol. The van der Waals surface area contributed by atoms with E-state index < -0.39 is 5.60 Å². The van der Waals surface area contributed by atoms with Crippen molar-refractivity contribution in [3.63, 3.8) is 0 Å². The third-order valence-corrected chi connectivity index (χ3v) is 4.31. The molecule has 1 aliphatic rings. The number of aryl methyl sites for hydroxylation is 1. The Balaban J connectivity index is 2.16. The van der Waals surface area contributed by atoms with Crippen LogP contribution in [-0.2, 0) is 0 Å². The van der Waals surface area contributed by atoms with Gasteiger partial charge in [0.25, 0.3) is 5.91 Å². The number of aliphatic hydroxyl groups is 1. The van der Waals surface area contributed by atoms with Crippen molar-refractivity contribution in [2.24, 2.45) is 5.73 Å². The van der Waals surface area contributed by atoms with E-state index in [0.717, 1.165) is 15.6 Å². The van der Waals surface area contributed by atoms with Gasteiger partial charge >= 0.3 is 0 Å². The van der Waals surface area contributed by atoms with Crippen LogP contribution in [0.5, 0.6) is 0 Å². The van der Waals surface area contributed by atoms with Gasteiger partial charge in [-0.25, -0.2) is 0 Å². The van der Waals surface area contributed by atoms with Crippen molar-refractivity contribution in [2.45, 2.75) is 19.4 Å². The lowest BCUT2D eigenvalue weighted by Crippen LogP contribution is -2.66. The minimum absolute atomic E-state index is 0.0584. The Bertz CT molecular complexity index is 473. The highest BCUT2D eigenvalue weighted by molar-refractivity contribution is 9.10. The van der Waals surface area contributed by atoms with Gasteiger partial charge in [-0.05, 0) is 37.1 Å². The van der Waals surface area contributed by atoms with Crippen molar-refractivity contribution in [2.75, 3.05) is 19.6 Å². The van der Waals surface area contributed by atoms with Crippen LogP contribution in [0.1, 0.15) is 21.5 Å². The van der Waals surface area contributed by atoms with E-state index in [1.165, 1.54) is 0 Å². The summed E-state index contributed by atoms with van der Waals surface area (Å²) in [6.45, 7) is 4.79. The lowest BCUT2D eigenvalue weighted by atomic mass is 9.93. The fourth-order valence-corrected chi connectivity index (χ4v) is 2.62. The molecule has 4 nitrogen and oxygen atoms in total. The molecule has 2 rings (SSSR count). The van der Waals surface area contributed by atoms with E-state index in [0.29, 0.717) is 18.7 Å². The summed E-state index contributed by atoms with van der Waals surface area (Å²) >= 11 is 3.45. The largest absolute Gasteiger partial charge is 0.385 e. The molecule has 5 heteroatoms. The Kier molecular flexibility index (Phi) is 3.49. The first-order valence-corrected chi connectivity index (χ1v) is 6.64. The van der Waals surface area contributed by atoms with Crippen molar-refractivity contribution < 1.29 is 9.90 Å². The van der Waals surface area contributed by atoms with E-state index in [1.807, 2.05) is 26.0 Å². The molecule has 18 heavy (non-hydrogen) atoms. The average Bonchev–Trinajstić information content (AvgIpc) is 2.30. The van der Waals surface area contributed by atoms with E-state index in [4.69, 9.17) is 5.73 Å². The molecule has 0 aliphatic carbocycles. The Morgan fingerprint density at radius 2 is 2.11 bits per heavy atom. The van der Waals surface area contributed by atoms with Gasteiger partial charge in [0, 0.05) is 16.6 Å². The molecule has 1 aromatic carbocycles. The number of amides is 1. The van der Waals surface area contributed by atoms with Crippen LogP contribution in [0, 0.1) is 13.8 Å². The fraction of sp³-hybridized carbons (Fsp3) is 0.462. The summed E-state index contributed by atoms with van der Waals surface area (Å²) in [5.74, 6) is -0.0584. The summed E-state index contributed by atoms with van der Waals surface area (Å²) in [6, 6.07) is 3.70. The van der Waals surface area contributed by atoms with E-state index in [2.05, 4.69) is 15.9 Å². The van der Waals surface area contributed by atoms with E-state index in [-0.39, 0.29) is 12.5 Å². The molecule has 0 aromatic heterocycles. The lowest BCUT2D eigenvalue weighted by molar-refractivity contribution is -0.0734. The smallest absolute Gasteiger partial charge is 0.254 e. The summed E-state index contributed by atoms with van der Waals surface area (Å²) in [4.78, 5) is 13.8. The Labute approximate surface area is 115 Å². The zero-order valence-electron chi connectivity index (χ0n) is 10.5. The van der Waals surface area contributed by atoms with Crippen molar-refractivity contribution in [3.05, 3.63) is 33.3 Å². The summed E-state index contributed by atoms with van der Waals surface area (Å²) in [5.41, 5.74) is 7.39. The molecular formula is C13H17BrN2O2. The Morgan fingerprint density at radius 1 is 1.50 bits per heavy atom. The first-order chi connectivity index (χ1) is 8.36. The Morgan fingerprint density at radius 3 is 2.61 bits per heavy atom. The maximum absolute atomic E-state index is 12.2. The van der Waals surface area contributed by atoms with Gasteiger partial charge in [0.2, 0.25) is 0 Å². The number of halogens is 1. The number of nitrogens with zero attached hydrogens (tertiary/aromatic N) is 1. The number of nitrogens with two attached hydrogens (primary N) is 1. The second-order valence-corrected chi connectivity index (χ2v) is 5.84. The average molecular weight is 313 g/mol. The molecular weight excluding hydrogens is 296 g/mol. The maximum atomic E-state index is 12.2. The van der Waals surface area contributed by atoms with Crippen molar-refractivity contribution in [1.29, 1.82) is 0 Å². The molecule has 98 valence electrons. The standard InChI is InChI=1S/C13H17BrN2O2/c1-8-3-10(4-11(14)9(8)2)12(17)16-6-13(18,5-15)7-16/h3-4,18H,5-7,15H2,1-2H3. The molecule has 0 spiro atoms. The summed E-state index contributed by atoms with van der Waals surface area (Å²) in [5, 5.41) is 9.81. The Hall–Kier alpha value is -0.910. The maximum Gasteiger partial charge on any atom is 0.254 e.